The van der Waals surface area contributed by atoms with Gasteiger partial charge in [0.1, 0.15) is 0 Å². The minimum Gasteiger partial charge on any atom is -0.322 e. The van der Waals surface area contributed by atoms with E-state index in [-0.39, 0.29) is 0 Å². The Labute approximate surface area is 52.8 Å². The fraction of sp³-hybridized carbons (Fsp3) is 1.00. The van der Waals surface area contributed by atoms with Crippen LogP contribution >= 0.6 is 0 Å². The fourth-order valence-electron chi connectivity index (χ4n) is 0.575. The van der Waals surface area contributed by atoms with Crippen molar-refractivity contribution < 1.29 is 26.7 Å². The Morgan fingerprint density at radius 1 is 1.40 bits per heavy atom. The molecular weight excluding hydrogens is 159 g/mol. The van der Waals surface area contributed by atoms with Crippen molar-refractivity contribution in [3.63, 3.8) is 0 Å². The molecule has 1 heterocycles. The van der Waals surface area contributed by atoms with E-state index >= 15 is 0 Å². The highest BCUT2D eigenvalue weighted by atomic mass is 19.4. The predicted octanol–water partition coefficient (Wildman–Crippen LogP) is 1.58. The third-order valence-electron chi connectivity index (χ3n) is 1.13. The van der Waals surface area contributed by atoms with Gasteiger partial charge in [-0.3, -0.25) is 0 Å². The summed E-state index contributed by atoms with van der Waals surface area (Å²) < 4.78 is 61.0. The maximum absolute atomic E-state index is 12.1. The van der Waals surface area contributed by atoms with E-state index in [9.17, 15) is 22.0 Å². The Hall–Kier alpha value is -0.390. The highest BCUT2D eigenvalue weighted by Crippen LogP contribution is 2.47. The van der Waals surface area contributed by atoms with Crippen molar-refractivity contribution in [2.75, 3.05) is 6.67 Å². The average Bonchev–Trinajstić information content (AvgIpc) is 2.43. The lowest BCUT2D eigenvalue weighted by Crippen LogP contribution is -2.24. The van der Waals surface area contributed by atoms with Gasteiger partial charge in [0, 0.05) is 0 Å². The van der Waals surface area contributed by atoms with Crippen molar-refractivity contribution in [2.45, 2.75) is 18.1 Å². The minimum absolute atomic E-state index is 1.75. The van der Waals surface area contributed by atoms with Crippen LogP contribution in [0.3, 0.4) is 0 Å². The summed E-state index contributed by atoms with van der Waals surface area (Å²) in [6.45, 7) is -1.75. The first-order valence-corrected chi connectivity index (χ1v) is 2.39. The van der Waals surface area contributed by atoms with Crippen molar-refractivity contribution in [3.05, 3.63) is 0 Å². The summed E-state index contributed by atoms with van der Waals surface area (Å²) in [5.74, 6) is -3.10. The number of halogens is 5. The summed E-state index contributed by atoms with van der Waals surface area (Å²) in [6, 6.07) is 0. The number of hydrogen-bond donors (Lipinski definition) is 0. The van der Waals surface area contributed by atoms with E-state index in [1.165, 1.54) is 0 Å². The number of alkyl halides is 5. The molecule has 0 N–H and O–H groups in total. The molecule has 0 aromatic rings. The summed E-state index contributed by atoms with van der Waals surface area (Å²) in [4.78, 5) is 0. The van der Waals surface area contributed by atoms with Crippen LogP contribution in [0.1, 0.15) is 0 Å². The van der Waals surface area contributed by atoms with Crippen LogP contribution in [0.5, 0.6) is 0 Å². The zero-order valence-electron chi connectivity index (χ0n) is 4.58. The van der Waals surface area contributed by atoms with Gasteiger partial charge in [-0.1, -0.05) is 0 Å². The quantitative estimate of drug-likeness (QED) is 0.421. The summed E-state index contributed by atoms with van der Waals surface area (Å²) >= 11 is 0. The van der Waals surface area contributed by atoms with Crippen LogP contribution in [-0.4, -0.2) is 24.8 Å². The molecule has 1 rings (SSSR count). The summed E-state index contributed by atoms with van der Waals surface area (Å²) in [6.07, 6.45) is -7.36. The SMILES string of the molecule is FCC1(F)OC1C(F)(F)F. The van der Waals surface area contributed by atoms with Gasteiger partial charge in [0.05, 0.1) is 0 Å². The summed E-state index contributed by atoms with van der Waals surface area (Å²) in [5, 5.41) is 0. The lowest BCUT2D eigenvalue weighted by molar-refractivity contribution is -0.148. The van der Waals surface area contributed by atoms with Crippen molar-refractivity contribution in [3.8, 4) is 0 Å². The van der Waals surface area contributed by atoms with E-state index in [0.29, 0.717) is 0 Å². The minimum atomic E-state index is -4.79. The van der Waals surface area contributed by atoms with Gasteiger partial charge >= 0.3 is 6.18 Å². The highest BCUT2D eigenvalue weighted by Gasteiger charge is 2.71. The molecule has 2 unspecified atom stereocenters. The number of hydrogen-bond acceptors (Lipinski definition) is 1. The number of epoxide rings is 1. The van der Waals surface area contributed by atoms with Crippen LogP contribution in [0.2, 0.25) is 0 Å². The molecule has 1 nitrogen and oxygen atoms in total. The summed E-state index contributed by atoms with van der Waals surface area (Å²) in [5.41, 5.74) is 0. The summed E-state index contributed by atoms with van der Waals surface area (Å²) in [7, 11) is 0. The molecule has 1 aliphatic rings. The molecule has 10 heavy (non-hydrogen) atoms. The average molecular weight is 162 g/mol. The second-order valence-corrected chi connectivity index (χ2v) is 1.96. The molecule has 0 bridgehead atoms. The molecule has 0 amide bonds. The van der Waals surface area contributed by atoms with Gasteiger partial charge < -0.3 is 4.74 Å². The highest BCUT2D eigenvalue weighted by molar-refractivity contribution is 4.98. The topological polar surface area (TPSA) is 12.5 Å². The van der Waals surface area contributed by atoms with E-state index in [1.807, 2.05) is 0 Å². The van der Waals surface area contributed by atoms with E-state index in [4.69, 9.17) is 0 Å². The van der Waals surface area contributed by atoms with Crippen LogP contribution in [0.4, 0.5) is 22.0 Å². The zero-order chi connectivity index (χ0) is 7.99. The second kappa shape index (κ2) is 1.81. The first-order chi connectivity index (χ1) is 4.40. The maximum atomic E-state index is 12.1. The third kappa shape index (κ3) is 1.07. The van der Waals surface area contributed by atoms with Crippen molar-refractivity contribution in [1.29, 1.82) is 0 Å². The van der Waals surface area contributed by atoms with Crippen LogP contribution < -0.4 is 0 Å². The van der Waals surface area contributed by atoms with Gasteiger partial charge in [0.25, 0.3) is 5.85 Å². The predicted molar refractivity (Wildman–Crippen MR) is 20.7 cm³/mol. The largest absolute Gasteiger partial charge is 0.420 e. The first kappa shape index (κ1) is 7.71. The molecule has 2 atom stereocenters. The molecule has 0 saturated carbocycles. The Kier molecular flexibility index (Phi) is 1.39. The molecule has 0 aromatic carbocycles. The molecule has 0 aromatic heterocycles. The Bertz CT molecular complexity index is 143. The smallest absolute Gasteiger partial charge is 0.322 e. The van der Waals surface area contributed by atoms with Crippen LogP contribution in [0.15, 0.2) is 0 Å². The van der Waals surface area contributed by atoms with Gasteiger partial charge in [-0.25, -0.2) is 8.78 Å². The number of rotatable bonds is 1. The lowest BCUT2D eigenvalue weighted by Gasteiger charge is -2.00. The maximum Gasteiger partial charge on any atom is 0.420 e. The molecular formula is C4H3F5O. The molecule has 60 valence electrons. The second-order valence-electron chi connectivity index (χ2n) is 1.96. The number of ether oxygens (including phenoxy) is 1. The van der Waals surface area contributed by atoms with Gasteiger partial charge in [0.15, 0.2) is 6.67 Å². The van der Waals surface area contributed by atoms with Gasteiger partial charge in [-0.15, -0.1) is 0 Å². The van der Waals surface area contributed by atoms with Crippen molar-refractivity contribution in [2.24, 2.45) is 0 Å². The van der Waals surface area contributed by atoms with Crippen LogP contribution in [-0.2, 0) is 4.74 Å². The van der Waals surface area contributed by atoms with E-state index < -0.39 is 24.8 Å². The standard InChI is InChI=1S/C4H3F5O/c5-1-3(6)2(10-3)4(7,8)9/h2H,1H2. The normalized spacial score (nSPS) is 39.9. The zero-order valence-corrected chi connectivity index (χ0v) is 4.58. The molecule has 0 spiro atoms. The van der Waals surface area contributed by atoms with Crippen molar-refractivity contribution in [1.82, 2.24) is 0 Å². The Balaban J connectivity index is 2.52. The lowest BCUT2D eigenvalue weighted by atomic mass is 10.3. The van der Waals surface area contributed by atoms with Gasteiger partial charge in [0.2, 0.25) is 6.10 Å². The van der Waals surface area contributed by atoms with Gasteiger partial charge in [-0.2, -0.15) is 13.2 Å². The first-order valence-electron chi connectivity index (χ1n) is 2.39. The molecule has 0 aliphatic carbocycles. The van der Waals surface area contributed by atoms with Crippen LogP contribution in [0, 0.1) is 0 Å². The van der Waals surface area contributed by atoms with E-state index in [1.54, 1.807) is 0 Å². The molecule has 1 aliphatic heterocycles. The molecule has 0 radical (unpaired) electrons. The Morgan fingerprint density at radius 2 is 1.90 bits per heavy atom. The van der Waals surface area contributed by atoms with Crippen LogP contribution in [0.25, 0.3) is 0 Å². The van der Waals surface area contributed by atoms with E-state index in [0.717, 1.165) is 0 Å². The monoisotopic (exact) mass is 162 g/mol. The molecule has 1 fully saturated rings. The van der Waals surface area contributed by atoms with E-state index in [2.05, 4.69) is 4.74 Å². The Morgan fingerprint density at radius 3 is 2.00 bits per heavy atom. The van der Waals surface area contributed by atoms with Gasteiger partial charge in [-0.05, 0) is 0 Å². The fourth-order valence-corrected chi connectivity index (χ4v) is 0.575. The molecule has 6 heteroatoms. The third-order valence-corrected chi connectivity index (χ3v) is 1.13. The molecule has 1 saturated heterocycles. The van der Waals surface area contributed by atoms with Crippen molar-refractivity contribution >= 4 is 0 Å².